The van der Waals surface area contributed by atoms with Gasteiger partial charge in [-0.15, -0.1) is 0 Å². The normalized spacial score (nSPS) is 20.1. The second kappa shape index (κ2) is 6.66. The first-order chi connectivity index (χ1) is 12.2. The molecule has 1 saturated heterocycles. The summed E-state index contributed by atoms with van der Waals surface area (Å²) in [6.45, 7) is 1.69. The Morgan fingerprint density at radius 2 is 2.08 bits per heavy atom. The van der Waals surface area contributed by atoms with E-state index in [1.807, 2.05) is 23.1 Å². The number of aromatic nitrogens is 2. The largest absolute Gasteiger partial charge is 0.345 e. The van der Waals surface area contributed by atoms with Crippen molar-refractivity contribution in [3.8, 4) is 0 Å². The van der Waals surface area contributed by atoms with Crippen molar-refractivity contribution in [3.05, 3.63) is 47.6 Å². The number of amides is 2. The van der Waals surface area contributed by atoms with Crippen LogP contribution in [0.25, 0.3) is 0 Å². The molecular weight excluding hydrogens is 320 g/mol. The van der Waals surface area contributed by atoms with Crippen molar-refractivity contribution in [2.45, 2.75) is 31.7 Å². The zero-order chi connectivity index (χ0) is 17.2. The molecule has 7 heteroatoms. The zero-order valence-electron chi connectivity index (χ0n) is 13.9. The molecule has 1 unspecified atom stereocenters. The van der Waals surface area contributed by atoms with Crippen LogP contribution in [0.4, 0.5) is 0 Å². The molecule has 1 aliphatic heterocycles. The van der Waals surface area contributed by atoms with E-state index < -0.39 is 0 Å². The molecule has 25 heavy (non-hydrogen) atoms. The highest BCUT2D eigenvalue weighted by atomic mass is 16.5. The van der Waals surface area contributed by atoms with Crippen molar-refractivity contribution in [3.63, 3.8) is 0 Å². The van der Waals surface area contributed by atoms with Crippen molar-refractivity contribution in [1.82, 2.24) is 20.4 Å². The average molecular weight is 340 g/mol. The lowest BCUT2D eigenvalue weighted by Crippen LogP contribution is -2.27. The van der Waals surface area contributed by atoms with Gasteiger partial charge in [-0.05, 0) is 30.9 Å². The van der Waals surface area contributed by atoms with Gasteiger partial charge in [0.25, 0.3) is 5.91 Å². The maximum atomic E-state index is 12.1. The quantitative estimate of drug-likeness (QED) is 0.865. The Hall–Kier alpha value is -2.70. The maximum absolute atomic E-state index is 12.1. The number of rotatable bonds is 6. The topological polar surface area (TPSA) is 88.3 Å². The van der Waals surface area contributed by atoms with Crippen LogP contribution >= 0.6 is 0 Å². The van der Waals surface area contributed by atoms with Gasteiger partial charge in [0.2, 0.25) is 11.8 Å². The van der Waals surface area contributed by atoms with E-state index in [0.717, 1.165) is 6.54 Å². The standard InChI is InChI=1S/C18H20N4O3/c23-16-8-14(11-22(16)10-12-6-7-12)18-20-15(21-25-18)9-19-17(24)13-4-2-1-3-5-13/h1-5,12,14H,6-11H2,(H,19,24). The summed E-state index contributed by atoms with van der Waals surface area (Å²) in [6.07, 6.45) is 2.87. The second-order valence-electron chi connectivity index (χ2n) is 6.74. The molecule has 1 aromatic heterocycles. The van der Waals surface area contributed by atoms with E-state index in [0.29, 0.717) is 36.2 Å². The first-order valence-electron chi connectivity index (χ1n) is 8.62. The lowest BCUT2D eigenvalue weighted by Gasteiger charge is -2.14. The fourth-order valence-electron chi connectivity index (χ4n) is 3.08. The van der Waals surface area contributed by atoms with Gasteiger partial charge in [0.05, 0.1) is 12.5 Å². The molecule has 4 rings (SSSR count). The summed E-state index contributed by atoms with van der Waals surface area (Å²) < 4.78 is 5.31. The van der Waals surface area contributed by atoms with Gasteiger partial charge in [-0.3, -0.25) is 9.59 Å². The highest BCUT2D eigenvalue weighted by Crippen LogP contribution is 2.34. The summed E-state index contributed by atoms with van der Waals surface area (Å²) in [5.74, 6) is 1.52. The van der Waals surface area contributed by atoms with E-state index >= 15 is 0 Å². The second-order valence-corrected chi connectivity index (χ2v) is 6.74. The van der Waals surface area contributed by atoms with Crippen molar-refractivity contribution >= 4 is 11.8 Å². The lowest BCUT2D eigenvalue weighted by molar-refractivity contribution is -0.127. The first-order valence-corrected chi connectivity index (χ1v) is 8.62. The minimum atomic E-state index is -0.182. The average Bonchev–Trinajstić information content (AvgIpc) is 3.19. The van der Waals surface area contributed by atoms with Crippen LogP contribution in [0.1, 0.15) is 47.3 Å². The van der Waals surface area contributed by atoms with E-state index in [1.54, 1.807) is 12.1 Å². The van der Waals surface area contributed by atoms with E-state index in [4.69, 9.17) is 4.52 Å². The predicted molar refractivity (Wildman–Crippen MR) is 88.6 cm³/mol. The van der Waals surface area contributed by atoms with Crippen LogP contribution < -0.4 is 5.32 Å². The molecule has 1 atom stereocenters. The molecule has 2 fully saturated rings. The minimum Gasteiger partial charge on any atom is -0.345 e. The minimum absolute atomic E-state index is 0.0441. The summed E-state index contributed by atoms with van der Waals surface area (Å²) in [5.41, 5.74) is 0.586. The van der Waals surface area contributed by atoms with Gasteiger partial charge < -0.3 is 14.7 Å². The Bertz CT molecular complexity index is 770. The third kappa shape index (κ3) is 3.70. The molecule has 130 valence electrons. The van der Waals surface area contributed by atoms with Gasteiger partial charge in [-0.1, -0.05) is 23.4 Å². The SMILES string of the molecule is O=C(NCc1noc(C2CC(=O)N(CC3CC3)C2)n1)c1ccccc1. The summed E-state index contributed by atoms with van der Waals surface area (Å²) in [7, 11) is 0. The number of benzene rings is 1. The van der Waals surface area contributed by atoms with Crippen molar-refractivity contribution < 1.29 is 14.1 Å². The lowest BCUT2D eigenvalue weighted by atomic mass is 10.1. The summed E-state index contributed by atoms with van der Waals surface area (Å²) in [4.78, 5) is 30.4. The number of hydrogen-bond acceptors (Lipinski definition) is 5. The Kier molecular flexibility index (Phi) is 4.21. The van der Waals surface area contributed by atoms with Gasteiger partial charge in [0.15, 0.2) is 5.82 Å². The third-order valence-electron chi connectivity index (χ3n) is 4.67. The fourth-order valence-corrected chi connectivity index (χ4v) is 3.08. The molecular formula is C18H20N4O3. The van der Waals surface area contributed by atoms with Crippen LogP contribution in [-0.2, 0) is 11.3 Å². The van der Waals surface area contributed by atoms with Gasteiger partial charge in [-0.2, -0.15) is 4.98 Å². The Balaban J connectivity index is 1.33. The Morgan fingerprint density at radius 1 is 1.28 bits per heavy atom. The predicted octanol–water partition coefficient (Wildman–Crippen LogP) is 1.73. The van der Waals surface area contributed by atoms with Crippen molar-refractivity contribution in [2.75, 3.05) is 13.1 Å². The Labute approximate surface area is 145 Å². The highest BCUT2D eigenvalue weighted by molar-refractivity contribution is 5.93. The molecule has 0 spiro atoms. The van der Waals surface area contributed by atoms with Gasteiger partial charge in [0, 0.05) is 25.1 Å². The van der Waals surface area contributed by atoms with Crippen LogP contribution in [0.3, 0.4) is 0 Å². The molecule has 1 aliphatic carbocycles. The first kappa shape index (κ1) is 15.8. The molecule has 0 radical (unpaired) electrons. The molecule has 2 heterocycles. The smallest absolute Gasteiger partial charge is 0.251 e. The van der Waals surface area contributed by atoms with Crippen LogP contribution in [0.5, 0.6) is 0 Å². The number of hydrogen-bond donors (Lipinski definition) is 1. The highest BCUT2D eigenvalue weighted by Gasteiger charge is 2.37. The summed E-state index contributed by atoms with van der Waals surface area (Å²) >= 11 is 0. The van der Waals surface area contributed by atoms with E-state index in [-0.39, 0.29) is 24.3 Å². The van der Waals surface area contributed by atoms with E-state index in [1.165, 1.54) is 12.8 Å². The maximum Gasteiger partial charge on any atom is 0.251 e. The number of carbonyl (C=O) groups is 2. The number of nitrogens with zero attached hydrogens (tertiary/aromatic N) is 3. The zero-order valence-corrected chi connectivity index (χ0v) is 13.9. The van der Waals surface area contributed by atoms with E-state index in [2.05, 4.69) is 15.5 Å². The van der Waals surface area contributed by atoms with Crippen molar-refractivity contribution in [2.24, 2.45) is 5.92 Å². The molecule has 0 bridgehead atoms. The molecule has 2 aromatic rings. The summed E-state index contributed by atoms with van der Waals surface area (Å²) in [5, 5.41) is 6.69. The molecule has 1 N–H and O–H groups in total. The number of likely N-dealkylation sites (tertiary alicyclic amines) is 1. The molecule has 1 aromatic carbocycles. The van der Waals surface area contributed by atoms with Crippen LogP contribution in [-0.4, -0.2) is 39.9 Å². The van der Waals surface area contributed by atoms with E-state index in [9.17, 15) is 9.59 Å². The third-order valence-corrected chi connectivity index (χ3v) is 4.67. The summed E-state index contributed by atoms with van der Waals surface area (Å²) in [6, 6.07) is 8.97. The van der Waals surface area contributed by atoms with Crippen LogP contribution in [0.15, 0.2) is 34.9 Å². The van der Waals surface area contributed by atoms with Gasteiger partial charge in [-0.25, -0.2) is 0 Å². The van der Waals surface area contributed by atoms with Gasteiger partial charge in [0.1, 0.15) is 0 Å². The van der Waals surface area contributed by atoms with Crippen molar-refractivity contribution in [1.29, 1.82) is 0 Å². The van der Waals surface area contributed by atoms with Crippen LogP contribution in [0, 0.1) is 5.92 Å². The molecule has 7 nitrogen and oxygen atoms in total. The van der Waals surface area contributed by atoms with Crippen LogP contribution in [0.2, 0.25) is 0 Å². The number of carbonyl (C=O) groups excluding carboxylic acids is 2. The molecule has 2 aliphatic rings. The Morgan fingerprint density at radius 3 is 2.84 bits per heavy atom. The molecule has 1 saturated carbocycles. The fraction of sp³-hybridized carbons (Fsp3) is 0.444. The molecule has 2 amide bonds. The van der Waals surface area contributed by atoms with Gasteiger partial charge >= 0.3 is 0 Å². The monoisotopic (exact) mass is 340 g/mol. The number of nitrogens with one attached hydrogen (secondary N) is 1.